The number of rotatable bonds is 11. The van der Waals surface area contributed by atoms with Crippen molar-refractivity contribution < 1.29 is 27.9 Å². The highest BCUT2D eigenvalue weighted by Crippen LogP contribution is 2.32. The third kappa shape index (κ3) is 8.47. The minimum atomic E-state index is -4.41. The first kappa shape index (κ1) is 31.0. The lowest BCUT2D eigenvalue weighted by molar-refractivity contribution is -0.136. The van der Waals surface area contributed by atoms with Crippen LogP contribution in [0.4, 0.5) is 13.2 Å². The van der Waals surface area contributed by atoms with Crippen molar-refractivity contribution in [3.05, 3.63) is 93.1 Å². The quantitative estimate of drug-likeness (QED) is 0.222. The first-order valence-corrected chi connectivity index (χ1v) is 13.3. The highest BCUT2D eigenvalue weighted by molar-refractivity contribution is 6.35. The number of aromatic nitrogens is 2. The van der Waals surface area contributed by atoms with E-state index in [0.717, 1.165) is 11.6 Å². The Balaban J connectivity index is 1.97. The number of carboxylic acids is 1. The first-order chi connectivity index (χ1) is 18.9. The van der Waals surface area contributed by atoms with Crippen LogP contribution in [-0.4, -0.2) is 39.5 Å². The second-order valence-corrected chi connectivity index (χ2v) is 9.79. The number of nitrogens with zero attached hydrogens (tertiary/aromatic N) is 2. The van der Waals surface area contributed by atoms with E-state index in [4.69, 9.17) is 33.4 Å². The van der Waals surface area contributed by atoms with Gasteiger partial charge in [-0.15, -0.1) is 0 Å². The van der Waals surface area contributed by atoms with Crippen molar-refractivity contribution >= 4 is 40.7 Å². The molecule has 0 atom stereocenters. The van der Waals surface area contributed by atoms with E-state index in [0.29, 0.717) is 44.6 Å². The van der Waals surface area contributed by atoms with Crippen molar-refractivity contribution in [2.45, 2.75) is 45.8 Å². The number of benzene rings is 2. The zero-order valence-electron chi connectivity index (χ0n) is 21.9. The molecule has 0 aliphatic carbocycles. The molecule has 0 unspecified atom stereocenters. The number of hydrogen-bond acceptors (Lipinski definition) is 3. The molecule has 11 heteroatoms. The third-order valence-corrected chi connectivity index (χ3v) is 6.49. The highest BCUT2D eigenvalue weighted by Gasteiger charge is 2.31. The number of aliphatic carboxylic acids is 1. The summed E-state index contributed by atoms with van der Waals surface area (Å²) in [5.41, 5.74) is 3.02. The summed E-state index contributed by atoms with van der Waals surface area (Å²) in [6.07, 6.45) is -1.75. The molecule has 40 heavy (non-hydrogen) atoms. The van der Waals surface area contributed by atoms with Crippen LogP contribution in [0.1, 0.15) is 54.7 Å². The van der Waals surface area contributed by atoms with Crippen molar-refractivity contribution in [3.8, 4) is 11.3 Å². The van der Waals surface area contributed by atoms with Gasteiger partial charge in [-0.1, -0.05) is 61.3 Å². The van der Waals surface area contributed by atoms with E-state index in [-0.39, 0.29) is 31.8 Å². The molecule has 0 saturated carbocycles. The Hall–Kier alpha value is -3.56. The van der Waals surface area contributed by atoms with Gasteiger partial charge in [-0.05, 0) is 60.4 Å². The molecular weight excluding hydrogens is 566 g/mol. The average Bonchev–Trinajstić information content (AvgIpc) is 3.29. The van der Waals surface area contributed by atoms with E-state index in [1.54, 1.807) is 53.2 Å². The summed E-state index contributed by atoms with van der Waals surface area (Å²) >= 11 is 12.5. The number of nitrogens with one attached hydrogen (secondary N) is 1. The number of hydrogen-bond donors (Lipinski definition) is 2. The molecule has 1 amide bonds. The summed E-state index contributed by atoms with van der Waals surface area (Å²) in [6, 6.07) is 13.6. The minimum absolute atomic E-state index is 0.0166. The van der Waals surface area contributed by atoms with Crippen molar-refractivity contribution in [1.29, 1.82) is 0 Å². The fraction of sp³-hybridized carbons (Fsp3) is 0.276. The van der Waals surface area contributed by atoms with E-state index >= 15 is 0 Å². The summed E-state index contributed by atoms with van der Waals surface area (Å²) in [6.45, 7) is 3.60. The summed E-state index contributed by atoms with van der Waals surface area (Å²) < 4.78 is 41.5. The number of carbonyl (C=O) groups is 2. The lowest BCUT2D eigenvalue weighted by Crippen LogP contribution is -2.25. The molecule has 0 spiro atoms. The van der Waals surface area contributed by atoms with Gasteiger partial charge in [-0.2, -0.15) is 18.3 Å². The zero-order chi connectivity index (χ0) is 29.4. The van der Waals surface area contributed by atoms with Gasteiger partial charge < -0.3 is 10.4 Å². The van der Waals surface area contributed by atoms with Crippen LogP contribution in [0.3, 0.4) is 0 Å². The maximum Gasteiger partial charge on any atom is 0.412 e. The molecule has 1 heterocycles. The standard InChI is InChI=1S/C29H28Cl2F3N3O3/c1-3-19(9-10-22(4-2)29(32,33)34)25-16-26(21-13-23(30)15-24(31)14-21)37(36-25)17-18-5-7-20(8-6-18)28(40)35-12-11-27(38)39/h5-10,13-16H,3-4,11-12,17H2,1-2H3,(H,35,40)(H,38,39)/b19-9+,22-10+. The monoisotopic (exact) mass is 593 g/mol. The van der Waals surface area contributed by atoms with Crippen LogP contribution >= 0.6 is 23.2 Å². The van der Waals surface area contributed by atoms with Crippen LogP contribution in [0, 0.1) is 0 Å². The second-order valence-electron chi connectivity index (χ2n) is 8.92. The first-order valence-electron chi connectivity index (χ1n) is 12.5. The molecule has 0 fully saturated rings. The Morgan fingerprint density at radius 2 is 1.65 bits per heavy atom. The molecule has 212 valence electrons. The average molecular weight is 594 g/mol. The van der Waals surface area contributed by atoms with Crippen LogP contribution in [-0.2, 0) is 11.3 Å². The fourth-order valence-corrected chi connectivity index (χ4v) is 4.47. The van der Waals surface area contributed by atoms with E-state index in [1.165, 1.54) is 13.0 Å². The molecule has 6 nitrogen and oxygen atoms in total. The fourth-order valence-electron chi connectivity index (χ4n) is 3.95. The van der Waals surface area contributed by atoms with Crippen LogP contribution < -0.4 is 5.32 Å². The van der Waals surface area contributed by atoms with E-state index < -0.39 is 17.7 Å². The molecule has 0 aliphatic heterocycles. The Kier molecular flexibility index (Phi) is 10.6. The van der Waals surface area contributed by atoms with E-state index in [9.17, 15) is 22.8 Å². The largest absolute Gasteiger partial charge is 0.481 e. The Labute approximate surface area is 240 Å². The van der Waals surface area contributed by atoms with Crippen LogP contribution in [0.5, 0.6) is 0 Å². The number of amides is 1. The van der Waals surface area contributed by atoms with Gasteiger partial charge >= 0.3 is 12.1 Å². The Morgan fingerprint density at radius 3 is 2.20 bits per heavy atom. The summed E-state index contributed by atoms with van der Waals surface area (Å²) in [4.78, 5) is 22.9. The van der Waals surface area contributed by atoms with Gasteiger partial charge in [-0.3, -0.25) is 14.3 Å². The molecule has 2 aromatic carbocycles. The second kappa shape index (κ2) is 13.7. The molecule has 2 N–H and O–H groups in total. The molecule has 0 bridgehead atoms. The van der Waals surface area contributed by atoms with Gasteiger partial charge in [0.15, 0.2) is 0 Å². The van der Waals surface area contributed by atoms with Crippen molar-refractivity contribution in [1.82, 2.24) is 15.1 Å². The molecule has 0 aliphatic rings. The summed E-state index contributed by atoms with van der Waals surface area (Å²) in [5.74, 6) is -1.39. The Morgan fingerprint density at radius 1 is 1.00 bits per heavy atom. The van der Waals surface area contributed by atoms with Gasteiger partial charge in [0, 0.05) is 33.3 Å². The maximum absolute atomic E-state index is 13.3. The van der Waals surface area contributed by atoms with Crippen molar-refractivity contribution in [2.75, 3.05) is 6.54 Å². The van der Waals surface area contributed by atoms with Crippen LogP contribution in [0.25, 0.3) is 16.8 Å². The van der Waals surface area contributed by atoms with Gasteiger partial charge in [0.05, 0.1) is 24.4 Å². The van der Waals surface area contributed by atoms with Gasteiger partial charge in [0.25, 0.3) is 5.91 Å². The number of alkyl halides is 3. The summed E-state index contributed by atoms with van der Waals surface area (Å²) in [7, 11) is 0. The minimum Gasteiger partial charge on any atom is -0.481 e. The van der Waals surface area contributed by atoms with Crippen LogP contribution in [0.15, 0.2) is 66.3 Å². The third-order valence-electron chi connectivity index (χ3n) is 6.05. The SMILES string of the molecule is CC/C(=C\C=C(/CC)C(F)(F)F)c1cc(-c2cc(Cl)cc(Cl)c2)n(Cc2ccc(C(=O)NCCC(=O)O)cc2)n1. The number of allylic oxidation sites excluding steroid dienone is 4. The highest BCUT2D eigenvalue weighted by atomic mass is 35.5. The maximum atomic E-state index is 13.3. The Bertz CT molecular complexity index is 1410. The van der Waals surface area contributed by atoms with E-state index in [1.807, 2.05) is 6.92 Å². The normalized spacial score (nSPS) is 12.5. The number of halogens is 5. The molecule has 3 rings (SSSR count). The molecule has 0 radical (unpaired) electrons. The zero-order valence-corrected chi connectivity index (χ0v) is 23.4. The molecule has 0 saturated heterocycles. The topological polar surface area (TPSA) is 84.2 Å². The number of carboxylic acid groups (broad SMARTS) is 1. The van der Waals surface area contributed by atoms with Crippen molar-refractivity contribution in [2.24, 2.45) is 0 Å². The molecular formula is C29H28Cl2F3N3O3. The number of carbonyl (C=O) groups excluding carboxylic acids is 1. The predicted molar refractivity (Wildman–Crippen MR) is 151 cm³/mol. The summed E-state index contributed by atoms with van der Waals surface area (Å²) in [5, 5.41) is 16.8. The van der Waals surface area contributed by atoms with E-state index in [2.05, 4.69) is 5.32 Å². The van der Waals surface area contributed by atoms with Gasteiger partial charge in [0.1, 0.15) is 0 Å². The lowest BCUT2D eigenvalue weighted by Gasteiger charge is -2.10. The van der Waals surface area contributed by atoms with Gasteiger partial charge in [0.2, 0.25) is 0 Å². The van der Waals surface area contributed by atoms with Gasteiger partial charge in [-0.25, -0.2) is 0 Å². The predicted octanol–water partition coefficient (Wildman–Crippen LogP) is 7.80. The smallest absolute Gasteiger partial charge is 0.412 e. The molecule has 3 aromatic rings. The lowest BCUT2D eigenvalue weighted by atomic mass is 10.1. The molecule has 1 aromatic heterocycles. The van der Waals surface area contributed by atoms with Crippen molar-refractivity contribution in [3.63, 3.8) is 0 Å². The van der Waals surface area contributed by atoms with Crippen LogP contribution in [0.2, 0.25) is 10.0 Å².